The first-order valence-corrected chi connectivity index (χ1v) is 6.91. The summed E-state index contributed by atoms with van der Waals surface area (Å²) < 4.78 is 16.4. The van der Waals surface area contributed by atoms with E-state index in [4.69, 9.17) is 0 Å². The Bertz CT molecular complexity index is 607. The first kappa shape index (κ1) is 14.1. The third-order valence-electron chi connectivity index (χ3n) is 3.30. The highest BCUT2D eigenvalue weighted by Gasteiger charge is 2.17. The van der Waals surface area contributed by atoms with Crippen molar-refractivity contribution < 1.29 is 4.39 Å². The van der Waals surface area contributed by atoms with Crippen LogP contribution in [0.15, 0.2) is 22.7 Å². The van der Waals surface area contributed by atoms with E-state index >= 15 is 0 Å². The van der Waals surface area contributed by atoms with Crippen molar-refractivity contribution in [2.75, 3.05) is 5.32 Å². The number of benzene rings is 1. The number of aryl methyl sites for hydroxylation is 2. The second kappa shape index (κ2) is 5.33. The van der Waals surface area contributed by atoms with Gasteiger partial charge in [-0.1, -0.05) is 15.9 Å². The van der Waals surface area contributed by atoms with E-state index in [9.17, 15) is 4.39 Å². The Hall–Kier alpha value is -1.36. The fraction of sp³-hybridized carbons (Fsp3) is 0.357. The lowest BCUT2D eigenvalue weighted by Crippen LogP contribution is -2.10. The van der Waals surface area contributed by atoms with Gasteiger partial charge in [0.1, 0.15) is 5.82 Å². The maximum absolute atomic E-state index is 13.7. The van der Waals surface area contributed by atoms with Gasteiger partial charge in [-0.2, -0.15) is 5.10 Å². The van der Waals surface area contributed by atoms with Crippen LogP contribution in [0.3, 0.4) is 0 Å². The van der Waals surface area contributed by atoms with Crippen molar-refractivity contribution in [1.29, 1.82) is 0 Å². The highest BCUT2D eigenvalue weighted by molar-refractivity contribution is 9.10. The van der Waals surface area contributed by atoms with Crippen molar-refractivity contribution in [3.05, 3.63) is 45.4 Å². The Labute approximate surface area is 121 Å². The van der Waals surface area contributed by atoms with Crippen LogP contribution in [-0.4, -0.2) is 9.78 Å². The summed E-state index contributed by atoms with van der Waals surface area (Å²) in [5.74, 6) is -0.255. The molecule has 0 aliphatic rings. The fourth-order valence-electron chi connectivity index (χ4n) is 2.33. The molecular weight excluding hydrogens is 309 g/mol. The molecule has 0 spiro atoms. The molecule has 0 saturated carbocycles. The van der Waals surface area contributed by atoms with E-state index in [1.807, 2.05) is 32.5 Å². The first-order chi connectivity index (χ1) is 8.90. The molecule has 2 rings (SSSR count). The van der Waals surface area contributed by atoms with Gasteiger partial charge >= 0.3 is 0 Å². The summed E-state index contributed by atoms with van der Waals surface area (Å²) in [6, 6.07) is 4.87. The maximum atomic E-state index is 13.7. The Balaban J connectivity index is 2.30. The van der Waals surface area contributed by atoms with Crippen molar-refractivity contribution in [1.82, 2.24) is 9.78 Å². The Kier molecular flexibility index (Phi) is 3.94. The van der Waals surface area contributed by atoms with Gasteiger partial charge in [0.2, 0.25) is 0 Å². The number of aromatic nitrogens is 2. The number of rotatable bonds is 3. The molecule has 2 aromatic rings. The zero-order chi connectivity index (χ0) is 14.2. The minimum atomic E-state index is -0.255. The topological polar surface area (TPSA) is 29.9 Å². The average Bonchev–Trinajstić information content (AvgIpc) is 2.58. The normalized spacial score (nSPS) is 12.5. The van der Waals surface area contributed by atoms with Crippen molar-refractivity contribution in [2.24, 2.45) is 7.05 Å². The number of nitrogens with zero attached hydrogens (tertiary/aromatic N) is 2. The third-order valence-corrected chi connectivity index (χ3v) is 3.79. The molecule has 0 amide bonds. The zero-order valence-corrected chi connectivity index (χ0v) is 13.0. The van der Waals surface area contributed by atoms with E-state index in [0.29, 0.717) is 5.69 Å². The number of hydrogen-bond acceptors (Lipinski definition) is 2. The zero-order valence-electron chi connectivity index (χ0n) is 11.5. The van der Waals surface area contributed by atoms with Crippen LogP contribution < -0.4 is 5.32 Å². The van der Waals surface area contributed by atoms with Gasteiger partial charge in [-0.05, 0) is 39.0 Å². The summed E-state index contributed by atoms with van der Waals surface area (Å²) in [6.07, 6.45) is 0. The van der Waals surface area contributed by atoms with E-state index < -0.39 is 0 Å². The predicted molar refractivity (Wildman–Crippen MR) is 78.8 cm³/mol. The monoisotopic (exact) mass is 325 g/mol. The molecule has 0 saturated heterocycles. The van der Waals surface area contributed by atoms with Crippen LogP contribution in [0.5, 0.6) is 0 Å². The van der Waals surface area contributed by atoms with Gasteiger partial charge in [-0.3, -0.25) is 4.68 Å². The molecule has 19 heavy (non-hydrogen) atoms. The van der Waals surface area contributed by atoms with Crippen molar-refractivity contribution in [3.8, 4) is 0 Å². The molecule has 3 nitrogen and oxygen atoms in total. The third kappa shape index (κ3) is 2.81. The number of hydrogen-bond donors (Lipinski definition) is 1. The van der Waals surface area contributed by atoms with Crippen LogP contribution in [0.25, 0.3) is 0 Å². The van der Waals surface area contributed by atoms with Crippen molar-refractivity contribution in [2.45, 2.75) is 26.8 Å². The minimum Gasteiger partial charge on any atom is -0.376 e. The quantitative estimate of drug-likeness (QED) is 0.920. The molecule has 0 radical (unpaired) electrons. The van der Waals surface area contributed by atoms with Crippen molar-refractivity contribution >= 4 is 21.6 Å². The smallest absolute Gasteiger partial charge is 0.146 e. The molecule has 1 heterocycles. The molecule has 0 aliphatic carbocycles. The van der Waals surface area contributed by atoms with Gasteiger partial charge in [0.15, 0.2) is 0 Å². The summed E-state index contributed by atoms with van der Waals surface area (Å²) in [4.78, 5) is 0. The highest BCUT2D eigenvalue weighted by atomic mass is 79.9. The molecule has 1 aromatic carbocycles. The largest absolute Gasteiger partial charge is 0.376 e. The standard InChI is InChI=1S/C14H17BrFN3/c1-8(14-9(2)18-19(4)10(14)3)17-13-7-11(15)5-6-12(13)16/h5-8,17H,1-4H3. The van der Waals surface area contributed by atoms with Gasteiger partial charge in [0, 0.05) is 22.8 Å². The van der Waals surface area contributed by atoms with E-state index in [0.717, 1.165) is 21.4 Å². The van der Waals surface area contributed by atoms with Crippen LogP contribution in [0, 0.1) is 19.7 Å². The number of nitrogens with one attached hydrogen (secondary N) is 1. The molecular formula is C14H17BrFN3. The predicted octanol–water partition coefficient (Wildman–Crippen LogP) is 4.11. The highest BCUT2D eigenvalue weighted by Crippen LogP contribution is 2.27. The molecule has 0 fully saturated rings. The number of anilines is 1. The van der Waals surface area contributed by atoms with Crippen LogP contribution in [0.4, 0.5) is 10.1 Å². The molecule has 5 heteroatoms. The lowest BCUT2D eigenvalue weighted by Gasteiger charge is -2.17. The molecule has 1 aromatic heterocycles. The van der Waals surface area contributed by atoms with Crippen LogP contribution >= 0.6 is 15.9 Å². The molecule has 0 aliphatic heterocycles. The van der Waals surface area contributed by atoms with E-state index in [2.05, 4.69) is 26.3 Å². The van der Waals surface area contributed by atoms with Gasteiger partial charge in [-0.15, -0.1) is 0 Å². The Morgan fingerprint density at radius 1 is 1.37 bits per heavy atom. The second-order valence-corrected chi connectivity index (χ2v) is 5.61. The lowest BCUT2D eigenvalue weighted by molar-refractivity contribution is 0.627. The van der Waals surface area contributed by atoms with E-state index in [1.165, 1.54) is 6.07 Å². The fourth-order valence-corrected chi connectivity index (χ4v) is 2.69. The first-order valence-electron chi connectivity index (χ1n) is 6.12. The van der Waals surface area contributed by atoms with Crippen LogP contribution in [0.2, 0.25) is 0 Å². The maximum Gasteiger partial charge on any atom is 0.146 e. The molecule has 102 valence electrons. The molecule has 1 unspecified atom stereocenters. The molecule has 1 N–H and O–H groups in total. The summed E-state index contributed by atoms with van der Waals surface area (Å²) in [5.41, 5.74) is 3.66. The SMILES string of the molecule is Cc1nn(C)c(C)c1C(C)Nc1cc(Br)ccc1F. The average molecular weight is 326 g/mol. The summed E-state index contributed by atoms with van der Waals surface area (Å²) in [6.45, 7) is 6.00. The Morgan fingerprint density at radius 2 is 2.05 bits per heavy atom. The van der Waals surface area contributed by atoms with E-state index in [-0.39, 0.29) is 11.9 Å². The molecule has 1 atom stereocenters. The Morgan fingerprint density at radius 3 is 2.63 bits per heavy atom. The van der Waals surface area contributed by atoms with Gasteiger partial charge in [-0.25, -0.2) is 4.39 Å². The van der Waals surface area contributed by atoms with Crippen LogP contribution in [0.1, 0.15) is 29.9 Å². The van der Waals surface area contributed by atoms with Gasteiger partial charge < -0.3 is 5.32 Å². The number of halogens is 2. The molecule has 0 bridgehead atoms. The lowest BCUT2D eigenvalue weighted by atomic mass is 10.1. The summed E-state index contributed by atoms with van der Waals surface area (Å²) >= 11 is 3.35. The van der Waals surface area contributed by atoms with Gasteiger partial charge in [0.05, 0.1) is 17.4 Å². The van der Waals surface area contributed by atoms with Crippen LogP contribution in [-0.2, 0) is 7.05 Å². The summed E-state index contributed by atoms with van der Waals surface area (Å²) in [5, 5.41) is 7.59. The van der Waals surface area contributed by atoms with Crippen molar-refractivity contribution in [3.63, 3.8) is 0 Å². The second-order valence-electron chi connectivity index (χ2n) is 4.70. The van der Waals surface area contributed by atoms with Gasteiger partial charge in [0.25, 0.3) is 0 Å². The minimum absolute atomic E-state index is 0.00231. The summed E-state index contributed by atoms with van der Waals surface area (Å²) in [7, 11) is 1.91. The van der Waals surface area contributed by atoms with E-state index in [1.54, 1.807) is 12.1 Å².